The van der Waals surface area contributed by atoms with Crippen molar-refractivity contribution >= 4 is 11.3 Å². The molecule has 0 amide bonds. The first-order valence-electron chi connectivity index (χ1n) is 6.29. The highest BCUT2D eigenvalue weighted by molar-refractivity contribution is 7.10. The minimum Gasteiger partial charge on any atom is -0.320 e. The maximum Gasteiger partial charge on any atom is 0.0562 e. The van der Waals surface area contributed by atoms with Gasteiger partial charge in [-0.3, -0.25) is 0 Å². The standard InChI is InChI=1S/C16H21NS/c1-11-9-12(10-18-11)15(17)13-7-5-6-8-14(13)16(2,3)4/h5-10,15H,17H2,1-4H3. The van der Waals surface area contributed by atoms with Crippen LogP contribution in [0.1, 0.15) is 48.4 Å². The summed E-state index contributed by atoms with van der Waals surface area (Å²) in [7, 11) is 0. The van der Waals surface area contributed by atoms with Gasteiger partial charge in [0, 0.05) is 4.88 Å². The molecule has 1 aromatic heterocycles. The van der Waals surface area contributed by atoms with E-state index >= 15 is 0 Å². The maximum atomic E-state index is 6.43. The van der Waals surface area contributed by atoms with Crippen molar-refractivity contribution in [2.75, 3.05) is 0 Å². The van der Waals surface area contributed by atoms with E-state index in [1.165, 1.54) is 21.6 Å². The molecule has 0 saturated heterocycles. The van der Waals surface area contributed by atoms with Crippen molar-refractivity contribution in [1.29, 1.82) is 0 Å². The summed E-state index contributed by atoms with van der Waals surface area (Å²) >= 11 is 1.76. The Morgan fingerprint density at radius 2 is 1.83 bits per heavy atom. The molecule has 18 heavy (non-hydrogen) atoms. The molecule has 1 nitrogen and oxygen atoms in total. The molecular formula is C16H21NS. The van der Waals surface area contributed by atoms with E-state index < -0.39 is 0 Å². The number of rotatable bonds is 2. The summed E-state index contributed by atoms with van der Waals surface area (Å²) in [6.45, 7) is 8.82. The van der Waals surface area contributed by atoms with Crippen LogP contribution < -0.4 is 5.73 Å². The summed E-state index contributed by atoms with van der Waals surface area (Å²) in [6, 6.07) is 10.7. The van der Waals surface area contributed by atoms with Gasteiger partial charge in [-0.1, -0.05) is 45.0 Å². The maximum absolute atomic E-state index is 6.43. The fraction of sp³-hybridized carbons (Fsp3) is 0.375. The number of hydrogen-bond donors (Lipinski definition) is 1. The highest BCUT2D eigenvalue weighted by atomic mass is 32.1. The molecule has 1 heterocycles. The van der Waals surface area contributed by atoms with Gasteiger partial charge >= 0.3 is 0 Å². The van der Waals surface area contributed by atoms with Gasteiger partial charge < -0.3 is 5.73 Å². The van der Waals surface area contributed by atoms with Crippen LogP contribution in [-0.2, 0) is 5.41 Å². The number of aryl methyl sites for hydroxylation is 1. The summed E-state index contributed by atoms with van der Waals surface area (Å²) in [5, 5.41) is 2.17. The monoisotopic (exact) mass is 259 g/mol. The van der Waals surface area contributed by atoms with E-state index in [4.69, 9.17) is 5.73 Å². The van der Waals surface area contributed by atoms with E-state index in [0.29, 0.717) is 0 Å². The molecule has 2 N–H and O–H groups in total. The molecule has 0 aliphatic rings. The second kappa shape index (κ2) is 4.87. The Balaban J connectivity index is 2.45. The minimum absolute atomic E-state index is 0.0228. The first-order chi connectivity index (χ1) is 8.39. The molecule has 0 aliphatic carbocycles. The lowest BCUT2D eigenvalue weighted by Crippen LogP contribution is -2.20. The summed E-state index contributed by atoms with van der Waals surface area (Å²) in [6.07, 6.45) is 0. The van der Waals surface area contributed by atoms with Crippen molar-refractivity contribution in [3.8, 4) is 0 Å². The lowest BCUT2D eigenvalue weighted by molar-refractivity contribution is 0.578. The molecule has 0 bridgehead atoms. The molecule has 0 spiro atoms. The molecule has 0 aliphatic heterocycles. The largest absolute Gasteiger partial charge is 0.320 e. The number of benzene rings is 1. The van der Waals surface area contributed by atoms with Gasteiger partial charge in [0.15, 0.2) is 0 Å². The zero-order chi connectivity index (χ0) is 13.3. The van der Waals surface area contributed by atoms with Crippen LogP contribution in [0.4, 0.5) is 0 Å². The first kappa shape index (κ1) is 13.3. The predicted molar refractivity (Wildman–Crippen MR) is 80.2 cm³/mol. The van der Waals surface area contributed by atoms with Crippen molar-refractivity contribution < 1.29 is 0 Å². The number of thiophene rings is 1. The van der Waals surface area contributed by atoms with Crippen LogP contribution in [-0.4, -0.2) is 0 Å². The van der Waals surface area contributed by atoms with Gasteiger partial charge in [-0.05, 0) is 40.5 Å². The second-order valence-corrected chi connectivity index (χ2v) is 6.92. The minimum atomic E-state index is -0.0228. The van der Waals surface area contributed by atoms with E-state index in [9.17, 15) is 0 Å². The van der Waals surface area contributed by atoms with E-state index in [1.807, 2.05) is 0 Å². The summed E-state index contributed by atoms with van der Waals surface area (Å²) in [4.78, 5) is 1.31. The molecule has 0 saturated carbocycles. The fourth-order valence-electron chi connectivity index (χ4n) is 2.26. The third kappa shape index (κ3) is 2.65. The zero-order valence-corrected chi connectivity index (χ0v) is 12.3. The molecule has 1 atom stereocenters. The Labute approximate surface area is 114 Å². The van der Waals surface area contributed by atoms with Crippen LogP contribution in [0.2, 0.25) is 0 Å². The zero-order valence-electron chi connectivity index (χ0n) is 11.5. The lowest BCUT2D eigenvalue weighted by atomic mass is 9.81. The van der Waals surface area contributed by atoms with Crippen LogP contribution in [0.3, 0.4) is 0 Å². The van der Waals surface area contributed by atoms with Crippen LogP contribution in [0, 0.1) is 6.92 Å². The number of nitrogens with two attached hydrogens (primary N) is 1. The molecule has 96 valence electrons. The lowest BCUT2D eigenvalue weighted by Gasteiger charge is -2.25. The highest BCUT2D eigenvalue weighted by Gasteiger charge is 2.21. The average molecular weight is 259 g/mol. The normalized spacial score (nSPS) is 13.6. The summed E-state index contributed by atoms with van der Waals surface area (Å²) < 4.78 is 0. The average Bonchev–Trinajstić information content (AvgIpc) is 2.74. The van der Waals surface area contributed by atoms with Gasteiger partial charge in [0.2, 0.25) is 0 Å². The van der Waals surface area contributed by atoms with Gasteiger partial charge in [0.1, 0.15) is 0 Å². The van der Waals surface area contributed by atoms with Crippen LogP contribution in [0.15, 0.2) is 35.7 Å². The molecule has 0 fully saturated rings. The van der Waals surface area contributed by atoms with E-state index in [-0.39, 0.29) is 11.5 Å². The predicted octanol–water partition coefficient (Wildman–Crippen LogP) is 4.40. The molecule has 1 unspecified atom stereocenters. The third-order valence-corrected chi connectivity index (χ3v) is 4.09. The van der Waals surface area contributed by atoms with Crippen molar-refractivity contribution in [3.63, 3.8) is 0 Å². The molecule has 0 radical (unpaired) electrons. The fourth-order valence-corrected chi connectivity index (χ4v) is 3.00. The van der Waals surface area contributed by atoms with Crippen LogP contribution in [0.25, 0.3) is 0 Å². The van der Waals surface area contributed by atoms with Crippen molar-refractivity contribution in [2.24, 2.45) is 5.73 Å². The van der Waals surface area contributed by atoms with Gasteiger partial charge in [-0.2, -0.15) is 0 Å². The number of hydrogen-bond acceptors (Lipinski definition) is 2. The smallest absolute Gasteiger partial charge is 0.0562 e. The van der Waals surface area contributed by atoms with Gasteiger partial charge in [0.25, 0.3) is 0 Å². The van der Waals surface area contributed by atoms with Gasteiger partial charge in [-0.15, -0.1) is 11.3 Å². The van der Waals surface area contributed by atoms with Crippen molar-refractivity contribution in [1.82, 2.24) is 0 Å². The van der Waals surface area contributed by atoms with Gasteiger partial charge in [-0.25, -0.2) is 0 Å². The Morgan fingerprint density at radius 3 is 2.39 bits per heavy atom. The van der Waals surface area contributed by atoms with E-state index in [2.05, 4.69) is 63.4 Å². The molecule has 1 aromatic carbocycles. The first-order valence-corrected chi connectivity index (χ1v) is 7.17. The topological polar surface area (TPSA) is 26.0 Å². The van der Waals surface area contributed by atoms with Crippen LogP contribution in [0.5, 0.6) is 0 Å². The van der Waals surface area contributed by atoms with E-state index in [1.54, 1.807) is 11.3 Å². The van der Waals surface area contributed by atoms with Crippen molar-refractivity contribution in [2.45, 2.75) is 39.2 Å². The Hall–Kier alpha value is -1.12. The summed E-state index contributed by atoms with van der Waals surface area (Å²) in [5.41, 5.74) is 10.3. The summed E-state index contributed by atoms with van der Waals surface area (Å²) in [5.74, 6) is 0. The van der Waals surface area contributed by atoms with Crippen LogP contribution >= 0.6 is 11.3 Å². The molecular weight excluding hydrogens is 238 g/mol. The van der Waals surface area contributed by atoms with Gasteiger partial charge in [0.05, 0.1) is 6.04 Å². The Bertz CT molecular complexity index is 534. The molecule has 2 rings (SSSR count). The third-order valence-electron chi connectivity index (χ3n) is 3.21. The molecule has 2 heteroatoms. The van der Waals surface area contributed by atoms with Crippen molar-refractivity contribution in [3.05, 3.63) is 57.3 Å². The van der Waals surface area contributed by atoms with E-state index in [0.717, 1.165) is 0 Å². The second-order valence-electron chi connectivity index (χ2n) is 5.81. The molecule has 2 aromatic rings. The SMILES string of the molecule is Cc1cc(C(N)c2ccccc2C(C)(C)C)cs1. The quantitative estimate of drug-likeness (QED) is 0.850. The Kier molecular flexibility index (Phi) is 3.60. The highest BCUT2D eigenvalue weighted by Crippen LogP contribution is 2.32. The Morgan fingerprint density at radius 1 is 1.17 bits per heavy atom.